The van der Waals surface area contributed by atoms with E-state index in [9.17, 15) is 10.1 Å². The van der Waals surface area contributed by atoms with E-state index in [1.807, 2.05) is 60.8 Å². The summed E-state index contributed by atoms with van der Waals surface area (Å²) in [5.41, 5.74) is 3.56. The Bertz CT molecular complexity index is 885. The molecule has 0 bridgehead atoms. The molecule has 0 aliphatic carbocycles. The number of aromatic nitrogens is 2. The van der Waals surface area contributed by atoms with Gasteiger partial charge in [0.15, 0.2) is 0 Å². The van der Waals surface area contributed by atoms with Gasteiger partial charge in [-0.05, 0) is 30.7 Å². The van der Waals surface area contributed by atoms with Crippen molar-refractivity contribution >= 4 is 22.4 Å². The highest BCUT2D eigenvalue weighted by Gasteiger charge is 2.19. The molecule has 6 nitrogen and oxygen atoms in total. The van der Waals surface area contributed by atoms with Gasteiger partial charge in [-0.1, -0.05) is 18.2 Å². The van der Waals surface area contributed by atoms with Crippen molar-refractivity contribution in [2.45, 2.75) is 13.5 Å². The van der Waals surface area contributed by atoms with Crippen molar-refractivity contribution in [2.24, 2.45) is 7.05 Å². The highest BCUT2D eigenvalue weighted by atomic mass is 16.6. The molecule has 0 saturated heterocycles. The maximum absolute atomic E-state index is 11.3. The molecular formula is C17H18N4O2. The SMILES string of the molecule is Cc1ccc(N(C)Cc2nc3ccccc3n2C)c([N+](=O)[O-])c1. The minimum Gasteiger partial charge on any atom is -0.362 e. The van der Waals surface area contributed by atoms with Crippen LogP contribution in [0.3, 0.4) is 0 Å². The van der Waals surface area contributed by atoms with E-state index in [0.29, 0.717) is 12.2 Å². The summed E-state index contributed by atoms with van der Waals surface area (Å²) in [6.45, 7) is 2.34. The van der Waals surface area contributed by atoms with E-state index >= 15 is 0 Å². The average Bonchev–Trinajstić information content (AvgIpc) is 2.83. The second-order valence-electron chi connectivity index (χ2n) is 5.68. The Hall–Kier alpha value is -2.89. The number of hydrogen-bond acceptors (Lipinski definition) is 4. The highest BCUT2D eigenvalue weighted by molar-refractivity contribution is 5.76. The van der Waals surface area contributed by atoms with Crippen LogP contribution in [0.4, 0.5) is 11.4 Å². The van der Waals surface area contributed by atoms with Gasteiger partial charge in [0.05, 0.1) is 22.5 Å². The van der Waals surface area contributed by atoms with Gasteiger partial charge in [-0.2, -0.15) is 0 Å². The Morgan fingerprint density at radius 3 is 2.70 bits per heavy atom. The second-order valence-corrected chi connectivity index (χ2v) is 5.68. The number of para-hydroxylation sites is 2. The first-order chi connectivity index (χ1) is 11.0. The van der Waals surface area contributed by atoms with Crippen LogP contribution in [-0.4, -0.2) is 21.5 Å². The number of nitro groups is 1. The third-order valence-corrected chi connectivity index (χ3v) is 4.00. The molecule has 0 amide bonds. The summed E-state index contributed by atoms with van der Waals surface area (Å²) in [4.78, 5) is 17.4. The molecule has 0 unspecified atom stereocenters. The second kappa shape index (κ2) is 5.72. The van der Waals surface area contributed by atoms with E-state index in [1.165, 1.54) is 0 Å². The van der Waals surface area contributed by atoms with Crippen LogP contribution in [0.15, 0.2) is 42.5 Å². The summed E-state index contributed by atoms with van der Waals surface area (Å²) < 4.78 is 2.02. The molecule has 23 heavy (non-hydrogen) atoms. The van der Waals surface area contributed by atoms with Crippen molar-refractivity contribution < 1.29 is 4.92 Å². The predicted octanol–water partition coefficient (Wildman–Crippen LogP) is 3.43. The minimum atomic E-state index is -0.340. The lowest BCUT2D eigenvalue weighted by atomic mass is 10.2. The average molecular weight is 310 g/mol. The summed E-state index contributed by atoms with van der Waals surface area (Å²) in [6.07, 6.45) is 0. The summed E-state index contributed by atoms with van der Waals surface area (Å²) in [5, 5.41) is 11.3. The maximum Gasteiger partial charge on any atom is 0.292 e. The summed E-state index contributed by atoms with van der Waals surface area (Å²) in [5.74, 6) is 0.864. The van der Waals surface area contributed by atoms with Gasteiger partial charge in [0, 0.05) is 20.2 Å². The van der Waals surface area contributed by atoms with E-state index in [2.05, 4.69) is 4.98 Å². The number of fused-ring (bicyclic) bond motifs is 1. The molecule has 3 aromatic rings. The predicted molar refractivity (Wildman–Crippen MR) is 90.7 cm³/mol. The van der Waals surface area contributed by atoms with Crippen LogP contribution in [-0.2, 0) is 13.6 Å². The molecule has 0 radical (unpaired) electrons. The Morgan fingerprint density at radius 2 is 2.00 bits per heavy atom. The zero-order valence-electron chi connectivity index (χ0n) is 13.4. The van der Waals surface area contributed by atoms with E-state index in [0.717, 1.165) is 22.4 Å². The standard InChI is InChI=1S/C17H18N4O2/c1-12-8-9-15(16(10-12)21(22)23)19(2)11-17-18-13-6-4-5-7-14(13)20(17)3/h4-10H,11H2,1-3H3. The fourth-order valence-corrected chi connectivity index (χ4v) is 2.74. The maximum atomic E-state index is 11.3. The first-order valence-electron chi connectivity index (χ1n) is 7.34. The number of aryl methyl sites for hydroxylation is 2. The lowest BCUT2D eigenvalue weighted by molar-refractivity contribution is -0.384. The van der Waals surface area contributed by atoms with E-state index < -0.39 is 0 Å². The van der Waals surface area contributed by atoms with Gasteiger partial charge < -0.3 is 9.47 Å². The number of rotatable bonds is 4. The number of nitro benzene ring substituents is 1. The van der Waals surface area contributed by atoms with Crippen LogP contribution in [0.25, 0.3) is 11.0 Å². The minimum absolute atomic E-state index is 0.117. The number of nitrogens with zero attached hydrogens (tertiary/aromatic N) is 4. The lowest BCUT2D eigenvalue weighted by Gasteiger charge is -2.19. The third kappa shape index (κ3) is 2.75. The highest BCUT2D eigenvalue weighted by Crippen LogP contribution is 2.29. The fourth-order valence-electron chi connectivity index (χ4n) is 2.74. The van der Waals surface area contributed by atoms with Crippen molar-refractivity contribution in [1.29, 1.82) is 0 Å². The molecule has 2 aromatic carbocycles. The zero-order valence-corrected chi connectivity index (χ0v) is 13.4. The Morgan fingerprint density at radius 1 is 1.26 bits per heavy atom. The van der Waals surface area contributed by atoms with Gasteiger partial charge >= 0.3 is 0 Å². The molecule has 0 aliphatic rings. The number of anilines is 1. The van der Waals surface area contributed by atoms with Gasteiger partial charge in [-0.15, -0.1) is 0 Å². The molecular weight excluding hydrogens is 292 g/mol. The summed E-state index contributed by atoms with van der Waals surface area (Å²) in [6, 6.07) is 13.2. The molecule has 6 heteroatoms. The molecule has 0 N–H and O–H groups in total. The quantitative estimate of drug-likeness (QED) is 0.547. The molecule has 0 atom stereocenters. The molecule has 0 spiro atoms. The first kappa shape index (κ1) is 15.0. The molecule has 1 aromatic heterocycles. The van der Waals surface area contributed by atoms with Crippen molar-refractivity contribution in [2.75, 3.05) is 11.9 Å². The van der Waals surface area contributed by atoms with Crippen LogP contribution in [0.1, 0.15) is 11.4 Å². The first-order valence-corrected chi connectivity index (χ1v) is 7.34. The zero-order chi connectivity index (χ0) is 16.6. The van der Waals surface area contributed by atoms with E-state index in [-0.39, 0.29) is 10.6 Å². The van der Waals surface area contributed by atoms with Crippen LogP contribution >= 0.6 is 0 Å². The molecule has 0 fully saturated rings. The lowest BCUT2D eigenvalue weighted by Crippen LogP contribution is -2.20. The van der Waals surface area contributed by atoms with Crippen LogP contribution in [0, 0.1) is 17.0 Å². The van der Waals surface area contributed by atoms with Crippen LogP contribution in [0.2, 0.25) is 0 Å². The van der Waals surface area contributed by atoms with Gasteiger partial charge in [-0.25, -0.2) is 4.98 Å². The summed E-state index contributed by atoms with van der Waals surface area (Å²) >= 11 is 0. The molecule has 3 rings (SSSR count). The molecule has 1 heterocycles. The Kier molecular flexibility index (Phi) is 3.73. The van der Waals surface area contributed by atoms with Crippen LogP contribution < -0.4 is 4.90 Å². The largest absolute Gasteiger partial charge is 0.362 e. The number of benzene rings is 2. The van der Waals surface area contributed by atoms with Crippen molar-refractivity contribution in [3.05, 3.63) is 64.0 Å². The smallest absolute Gasteiger partial charge is 0.292 e. The fraction of sp³-hybridized carbons (Fsp3) is 0.235. The van der Waals surface area contributed by atoms with E-state index in [1.54, 1.807) is 12.1 Å². The molecule has 118 valence electrons. The molecule has 0 aliphatic heterocycles. The van der Waals surface area contributed by atoms with Gasteiger partial charge in [0.1, 0.15) is 11.5 Å². The van der Waals surface area contributed by atoms with Gasteiger partial charge in [-0.3, -0.25) is 10.1 Å². The summed E-state index contributed by atoms with van der Waals surface area (Å²) in [7, 11) is 3.80. The monoisotopic (exact) mass is 310 g/mol. The van der Waals surface area contributed by atoms with Gasteiger partial charge in [0.25, 0.3) is 5.69 Å². The third-order valence-electron chi connectivity index (χ3n) is 4.00. The van der Waals surface area contributed by atoms with Gasteiger partial charge in [0.2, 0.25) is 0 Å². The van der Waals surface area contributed by atoms with E-state index in [4.69, 9.17) is 0 Å². The normalized spacial score (nSPS) is 10.9. The van der Waals surface area contributed by atoms with Crippen molar-refractivity contribution in [3.63, 3.8) is 0 Å². The van der Waals surface area contributed by atoms with Crippen molar-refractivity contribution in [3.8, 4) is 0 Å². The number of imidazole rings is 1. The molecule has 0 saturated carbocycles. The Labute approximate surface area is 134 Å². The Balaban J connectivity index is 1.96. The topological polar surface area (TPSA) is 64.2 Å². The van der Waals surface area contributed by atoms with Crippen LogP contribution in [0.5, 0.6) is 0 Å². The van der Waals surface area contributed by atoms with Crippen molar-refractivity contribution in [1.82, 2.24) is 9.55 Å². The number of hydrogen-bond donors (Lipinski definition) is 0.